The molecule has 0 rings (SSSR count). The van der Waals surface area contributed by atoms with Gasteiger partial charge in [-0.15, -0.1) is 0 Å². The van der Waals surface area contributed by atoms with Crippen molar-refractivity contribution in [3.8, 4) is 0 Å². The lowest BCUT2D eigenvalue weighted by Gasteiger charge is -2.24. The molecule has 0 aromatic carbocycles. The highest BCUT2D eigenvalue weighted by Crippen LogP contribution is 2.43. The van der Waals surface area contributed by atoms with Gasteiger partial charge in [-0.3, -0.25) is 13.8 Å². The molecule has 9 heteroatoms. The summed E-state index contributed by atoms with van der Waals surface area (Å²) in [6.07, 6.45) is 24.0. The van der Waals surface area contributed by atoms with Crippen LogP contribution in [0.15, 0.2) is 0 Å². The van der Waals surface area contributed by atoms with Gasteiger partial charge in [0.1, 0.15) is 25.9 Å². The van der Waals surface area contributed by atoms with E-state index in [1.807, 2.05) is 21.1 Å². The third-order valence-corrected chi connectivity index (χ3v) is 7.85. The summed E-state index contributed by atoms with van der Waals surface area (Å²) in [5, 5.41) is 9.86. The summed E-state index contributed by atoms with van der Waals surface area (Å²) in [6.45, 7) is 2.16. The smallest absolute Gasteiger partial charge is 0.463 e. The molecule has 2 N–H and O–H groups in total. The van der Waals surface area contributed by atoms with E-state index >= 15 is 0 Å². The molecule has 8 nitrogen and oxygen atoms in total. The molecule has 234 valence electrons. The Hall–Kier alpha value is -0.500. The van der Waals surface area contributed by atoms with Crippen LogP contribution in [0.5, 0.6) is 0 Å². The van der Waals surface area contributed by atoms with E-state index in [9.17, 15) is 19.4 Å². The Morgan fingerprint density at radius 3 is 1.51 bits per heavy atom. The number of quaternary nitrogens is 1. The van der Waals surface area contributed by atoms with Gasteiger partial charge in [0.15, 0.2) is 0 Å². The summed E-state index contributed by atoms with van der Waals surface area (Å²) in [5.74, 6) is -0.368. The van der Waals surface area contributed by atoms with Crippen molar-refractivity contribution in [2.24, 2.45) is 0 Å². The largest absolute Gasteiger partial charge is 0.472 e. The fourth-order valence-electron chi connectivity index (χ4n) is 4.30. The van der Waals surface area contributed by atoms with Gasteiger partial charge in [0.25, 0.3) is 0 Å². The summed E-state index contributed by atoms with van der Waals surface area (Å²) < 4.78 is 27.1. The molecule has 0 heterocycles. The number of likely N-dealkylation sites (N-methyl/N-ethyl adjacent to an activating group) is 1. The Morgan fingerprint density at radius 1 is 0.692 bits per heavy atom. The summed E-state index contributed by atoms with van der Waals surface area (Å²) in [5.41, 5.74) is 0. The van der Waals surface area contributed by atoms with E-state index in [0.717, 1.165) is 19.3 Å². The predicted molar refractivity (Wildman–Crippen MR) is 160 cm³/mol. The number of rotatable bonds is 29. The summed E-state index contributed by atoms with van der Waals surface area (Å²) in [7, 11) is 1.57. The first-order valence-electron chi connectivity index (χ1n) is 15.8. The zero-order valence-corrected chi connectivity index (χ0v) is 26.8. The minimum atomic E-state index is -4.24. The Morgan fingerprint density at radius 2 is 1.10 bits per heavy atom. The lowest BCUT2D eigenvalue weighted by molar-refractivity contribution is -0.870. The normalized spacial score (nSPS) is 14.3. The summed E-state index contributed by atoms with van der Waals surface area (Å²) in [6, 6.07) is 0. The highest BCUT2D eigenvalue weighted by atomic mass is 31.2. The number of carbonyl (C=O) groups excluding carboxylic acids is 1. The molecule has 39 heavy (non-hydrogen) atoms. The lowest BCUT2D eigenvalue weighted by Crippen LogP contribution is -2.37. The van der Waals surface area contributed by atoms with Gasteiger partial charge in [0.2, 0.25) is 0 Å². The molecular formula is C30H63NO7P+. The zero-order chi connectivity index (χ0) is 29.2. The number of unbranched alkanes of at least 4 members (excludes halogenated alkanes) is 18. The van der Waals surface area contributed by atoms with Crippen LogP contribution in [-0.2, 0) is 23.1 Å². The maximum atomic E-state index is 11.9. The van der Waals surface area contributed by atoms with Gasteiger partial charge < -0.3 is 19.2 Å². The van der Waals surface area contributed by atoms with Crippen LogP contribution in [0.1, 0.15) is 135 Å². The second-order valence-corrected chi connectivity index (χ2v) is 13.5. The summed E-state index contributed by atoms with van der Waals surface area (Å²) >= 11 is 0. The van der Waals surface area contributed by atoms with Gasteiger partial charge in [-0.2, -0.15) is 0 Å². The Labute approximate surface area is 240 Å². The van der Waals surface area contributed by atoms with E-state index in [0.29, 0.717) is 17.4 Å². The molecule has 0 aromatic rings. The van der Waals surface area contributed by atoms with E-state index in [1.165, 1.54) is 103 Å². The van der Waals surface area contributed by atoms with Crippen LogP contribution >= 0.6 is 7.82 Å². The molecule has 0 aliphatic carbocycles. The van der Waals surface area contributed by atoms with Gasteiger partial charge in [-0.05, 0) is 6.42 Å². The van der Waals surface area contributed by atoms with Crippen LogP contribution in [0, 0.1) is 0 Å². The van der Waals surface area contributed by atoms with Crippen molar-refractivity contribution in [2.75, 3.05) is 47.5 Å². The van der Waals surface area contributed by atoms with Crippen molar-refractivity contribution >= 4 is 13.8 Å². The van der Waals surface area contributed by atoms with Gasteiger partial charge in [-0.25, -0.2) is 4.57 Å². The number of nitrogens with zero attached hydrogens (tertiary/aromatic N) is 1. The van der Waals surface area contributed by atoms with Crippen LogP contribution in [0.25, 0.3) is 0 Å². The molecule has 0 spiro atoms. The molecule has 0 saturated carbocycles. The number of phosphoric acid groups is 1. The van der Waals surface area contributed by atoms with Crippen LogP contribution in [0.4, 0.5) is 0 Å². The molecule has 0 saturated heterocycles. The lowest BCUT2D eigenvalue weighted by atomic mass is 10.0. The molecule has 0 radical (unpaired) electrons. The van der Waals surface area contributed by atoms with Gasteiger partial charge >= 0.3 is 13.8 Å². The van der Waals surface area contributed by atoms with Crippen LogP contribution < -0.4 is 0 Å². The standard InChI is InChI=1S/C30H62NO7P/c1-5-6-7-8-9-10-11-12-13-14-15-16-17-18-19-20-21-22-23-24-30(33)36-27-29(32)28-38-39(34,35)37-26-25-31(2,3)4/h29,32H,5-28H2,1-4H3/p+1/t29-/m1/s1. The first-order valence-corrected chi connectivity index (χ1v) is 17.3. The maximum absolute atomic E-state index is 11.9. The number of aliphatic hydroxyl groups is 1. The number of carbonyl (C=O) groups is 1. The van der Waals surface area contributed by atoms with E-state index in [1.54, 1.807) is 0 Å². The first kappa shape index (κ1) is 38.5. The first-order chi connectivity index (χ1) is 18.6. The Bertz CT molecular complexity index is 613. The Balaban J connectivity index is 3.45. The van der Waals surface area contributed by atoms with Gasteiger partial charge in [0.05, 0.1) is 27.7 Å². The minimum Gasteiger partial charge on any atom is -0.463 e. The van der Waals surface area contributed by atoms with Crippen molar-refractivity contribution in [1.29, 1.82) is 0 Å². The van der Waals surface area contributed by atoms with Crippen molar-refractivity contribution in [3.63, 3.8) is 0 Å². The topological polar surface area (TPSA) is 102 Å². The quantitative estimate of drug-likeness (QED) is 0.0407. The fourth-order valence-corrected chi connectivity index (χ4v) is 5.05. The molecule has 0 aliphatic heterocycles. The van der Waals surface area contributed by atoms with E-state index in [2.05, 4.69) is 6.92 Å². The number of hydrogen-bond donors (Lipinski definition) is 2. The third kappa shape index (κ3) is 30.3. The number of phosphoric ester groups is 1. The van der Waals surface area contributed by atoms with Gasteiger partial charge in [-0.1, -0.05) is 122 Å². The molecule has 0 fully saturated rings. The van der Waals surface area contributed by atoms with E-state index < -0.39 is 20.5 Å². The number of aliphatic hydroxyl groups excluding tert-OH is 1. The molecule has 0 amide bonds. The average Bonchev–Trinajstić information content (AvgIpc) is 2.86. The number of ether oxygens (including phenoxy) is 1. The summed E-state index contributed by atoms with van der Waals surface area (Å²) in [4.78, 5) is 21.5. The Kier molecular flexibility index (Phi) is 24.9. The third-order valence-electron chi connectivity index (χ3n) is 6.87. The van der Waals surface area contributed by atoms with Crippen LogP contribution in [-0.4, -0.2) is 74.1 Å². The molecule has 1 unspecified atom stereocenters. The van der Waals surface area contributed by atoms with Crippen LogP contribution in [0.2, 0.25) is 0 Å². The molecule has 0 bridgehead atoms. The second-order valence-electron chi connectivity index (χ2n) is 12.1. The SMILES string of the molecule is CCCCCCCCCCCCCCCCCCCCCC(=O)OC[C@@H](O)COP(=O)(O)OCC[N+](C)(C)C. The van der Waals surface area contributed by atoms with Crippen molar-refractivity contribution in [1.82, 2.24) is 0 Å². The highest BCUT2D eigenvalue weighted by Gasteiger charge is 2.24. The fraction of sp³-hybridized carbons (Fsp3) is 0.967. The van der Waals surface area contributed by atoms with Crippen molar-refractivity contribution < 1.29 is 37.6 Å². The van der Waals surface area contributed by atoms with Crippen LogP contribution in [0.3, 0.4) is 0 Å². The zero-order valence-electron chi connectivity index (χ0n) is 25.9. The minimum absolute atomic E-state index is 0.0573. The van der Waals surface area contributed by atoms with Crippen molar-refractivity contribution in [2.45, 2.75) is 141 Å². The molecular weight excluding hydrogens is 517 g/mol. The van der Waals surface area contributed by atoms with E-state index in [-0.39, 0.29) is 19.2 Å². The van der Waals surface area contributed by atoms with Crippen molar-refractivity contribution in [3.05, 3.63) is 0 Å². The molecule has 2 atom stereocenters. The molecule has 0 aromatic heterocycles. The number of hydrogen-bond acceptors (Lipinski definition) is 6. The maximum Gasteiger partial charge on any atom is 0.472 e. The number of esters is 1. The van der Waals surface area contributed by atoms with Gasteiger partial charge in [0, 0.05) is 6.42 Å². The van der Waals surface area contributed by atoms with E-state index in [4.69, 9.17) is 13.8 Å². The average molecular weight is 581 g/mol. The molecule has 0 aliphatic rings. The monoisotopic (exact) mass is 580 g/mol. The highest BCUT2D eigenvalue weighted by molar-refractivity contribution is 7.47. The second kappa shape index (κ2) is 25.2. The predicted octanol–water partition coefficient (Wildman–Crippen LogP) is 7.55.